The number of nitrogens with zero attached hydrogens (tertiary/aromatic N) is 4. The van der Waals surface area contributed by atoms with Crippen molar-refractivity contribution in [3.05, 3.63) is 78.4 Å². The van der Waals surface area contributed by atoms with Crippen LogP contribution in [-0.2, 0) is 16.3 Å². The molecule has 5 rings (SSSR count). The van der Waals surface area contributed by atoms with Gasteiger partial charge in [-0.1, -0.05) is 12.1 Å². The van der Waals surface area contributed by atoms with Gasteiger partial charge in [0.05, 0.1) is 23.6 Å². The molecule has 0 bridgehead atoms. The minimum atomic E-state index is -3.07. The Balaban J connectivity index is 1.45. The smallest absolute Gasteiger partial charge is 0.318 e. The quantitative estimate of drug-likeness (QED) is 0.383. The maximum absolute atomic E-state index is 13.6. The monoisotopic (exact) mass is 494 g/mol. The molecule has 0 aliphatic carbocycles. The third kappa shape index (κ3) is 5.65. The first-order valence-electron chi connectivity index (χ1n) is 11.2. The molecule has 0 unspecified atom stereocenters. The summed E-state index contributed by atoms with van der Waals surface area (Å²) >= 11 is 0. The molecule has 0 amide bonds. The molecule has 1 aliphatic rings. The van der Waals surface area contributed by atoms with E-state index in [-0.39, 0.29) is 17.5 Å². The molecule has 0 atom stereocenters. The lowest BCUT2D eigenvalue weighted by molar-refractivity contribution is 0.296. The molecular weight excluding hydrogens is 471 g/mol. The predicted octanol–water partition coefficient (Wildman–Crippen LogP) is 3.81. The van der Waals surface area contributed by atoms with Crippen molar-refractivity contribution in [3.8, 4) is 17.5 Å². The fourth-order valence-electron chi connectivity index (χ4n) is 3.82. The van der Waals surface area contributed by atoms with Crippen molar-refractivity contribution in [2.24, 2.45) is 0 Å². The number of pyridine rings is 1. The molecule has 2 aromatic carbocycles. The first-order chi connectivity index (χ1) is 16.9. The highest BCUT2D eigenvalue weighted by Crippen LogP contribution is 2.32. The zero-order valence-corrected chi connectivity index (χ0v) is 19.6. The zero-order chi connectivity index (χ0) is 24.3. The highest BCUT2D eigenvalue weighted by atomic mass is 32.2. The molecule has 0 N–H and O–H groups in total. The Morgan fingerprint density at radius 2 is 1.77 bits per heavy atom. The SMILES string of the molecule is O=S1(=O)CCN(c2nc(OCCc3ccccn3)nc3ccc(Oc4cccc(F)c4)cc23)CC1. The molecule has 10 heteroatoms. The van der Waals surface area contributed by atoms with Crippen LogP contribution in [0.3, 0.4) is 0 Å². The lowest BCUT2D eigenvalue weighted by Crippen LogP contribution is -2.40. The highest BCUT2D eigenvalue weighted by Gasteiger charge is 2.25. The second-order valence-corrected chi connectivity index (χ2v) is 10.4. The molecule has 0 saturated carbocycles. The average molecular weight is 495 g/mol. The van der Waals surface area contributed by atoms with E-state index in [9.17, 15) is 12.8 Å². The van der Waals surface area contributed by atoms with E-state index in [1.165, 1.54) is 12.1 Å². The van der Waals surface area contributed by atoms with Gasteiger partial charge < -0.3 is 14.4 Å². The lowest BCUT2D eigenvalue weighted by atomic mass is 10.2. The standard InChI is InChI=1S/C25H23FN4O4S/c26-18-4-3-6-20(16-18)34-21-7-8-23-22(17-21)24(30-11-14-35(31,32)15-12-30)29-25(28-23)33-13-9-19-5-1-2-10-27-19/h1-8,10,16-17H,9,11-15H2. The van der Waals surface area contributed by atoms with Crippen molar-refractivity contribution in [1.82, 2.24) is 15.0 Å². The van der Waals surface area contributed by atoms with Crippen LogP contribution in [0.25, 0.3) is 10.9 Å². The maximum atomic E-state index is 13.6. The van der Waals surface area contributed by atoms with Crippen molar-refractivity contribution in [1.29, 1.82) is 0 Å². The van der Waals surface area contributed by atoms with Crippen molar-refractivity contribution in [3.63, 3.8) is 0 Å². The van der Waals surface area contributed by atoms with Crippen LogP contribution in [0.2, 0.25) is 0 Å². The number of rotatable bonds is 7. The van der Waals surface area contributed by atoms with Crippen LogP contribution in [-0.4, -0.2) is 54.6 Å². The van der Waals surface area contributed by atoms with Crippen LogP contribution in [0.1, 0.15) is 5.69 Å². The number of fused-ring (bicyclic) bond motifs is 1. The zero-order valence-electron chi connectivity index (χ0n) is 18.8. The van der Waals surface area contributed by atoms with Gasteiger partial charge in [0, 0.05) is 42.9 Å². The molecule has 1 fully saturated rings. The molecule has 3 heterocycles. The molecule has 4 aromatic rings. The summed E-state index contributed by atoms with van der Waals surface area (Å²) < 4.78 is 49.2. The lowest BCUT2D eigenvalue weighted by Gasteiger charge is -2.28. The van der Waals surface area contributed by atoms with E-state index >= 15 is 0 Å². The Morgan fingerprint density at radius 3 is 2.54 bits per heavy atom. The number of sulfone groups is 1. The van der Waals surface area contributed by atoms with Crippen LogP contribution < -0.4 is 14.4 Å². The number of ether oxygens (including phenoxy) is 2. The highest BCUT2D eigenvalue weighted by molar-refractivity contribution is 7.91. The third-order valence-corrected chi connectivity index (χ3v) is 7.23. The summed E-state index contributed by atoms with van der Waals surface area (Å²) in [6, 6.07) is 17.1. The molecule has 0 spiro atoms. The summed E-state index contributed by atoms with van der Waals surface area (Å²) in [6.07, 6.45) is 2.33. The number of halogens is 1. The Morgan fingerprint density at radius 1 is 0.943 bits per heavy atom. The van der Waals surface area contributed by atoms with Gasteiger partial charge >= 0.3 is 6.01 Å². The van der Waals surface area contributed by atoms with Crippen molar-refractivity contribution in [2.45, 2.75) is 6.42 Å². The molecule has 2 aromatic heterocycles. The second kappa shape index (κ2) is 9.83. The van der Waals surface area contributed by atoms with Gasteiger partial charge in [0.2, 0.25) is 0 Å². The Bertz CT molecular complexity index is 1440. The summed E-state index contributed by atoms with van der Waals surface area (Å²) in [5, 5.41) is 0.690. The van der Waals surface area contributed by atoms with Gasteiger partial charge in [-0.2, -0.15) is 9.97 Å². The number of aromatic nitrogens is 3. The average Bonchev–Trinajstić information content (AvgIpc) is 2.85. The summed E-state index contributed by atoms with van der Waals surface area (Å²) in [6.45, 7) is 0.977. The normalized spacial score (nSPS) is 15.2. The van der Waals surface area contributed by atoms with Crippen molar-refractivity contribution in [2.75, 3.05) is 36.1 Å². The Hall–Kier alpha value is -3.79. The van der Waals surface area contributed by atoms with E-state index in [2.05, 4.69) is 15.0 Å². The van der Waals surface area contributed by atoms with Crippen LogP contribution in [0.5, 0.6) is 17.5 Å². The third-order valence-electron chi connectivity index (χ3n) is 5.62. The van der Waals surface area contributed by atoms with Crippen molar-refractivity contribution < 1.29 is 22.3 Å². The number of benzene rings is 2. The van der Waals surface area contributed by atoms with Gasteiger partial charge in [-0.05, 0) is 42.5 Å². The fourth-order valence-corrected chi connectivity index (χ4v) is 5.02. The van der Waals surface area contributed by atoms with E-state index in [0.717, 1.165) is 5.69 Å². The molecule has 8 nitrogen and oxygen atoms in total. The van der Waals surface area contributed by atoms with E-state index < -0.39 is 15.7 Å². The van der Waals surface area contributed by atoms with Gasteiger partial charge in [0.15, 0.2) is 9.84 Å². The largest absolute Gasteiger partial charge is 0.463 e. The van der Waals surface area contributed by atoms with Gasteiger partial charge in [0.25, 0.3) is 0 Å². The molecule has 1 aliphatic heterocycles. The van der Waals surface area contributed by atoms with Crippen LogP contribution in [0, 0.1) is 5.82 Å². The predicted molar refractivity (Wildman–Crippen MR) is 130 cm³/mol. The Kier molecular flexibility index (Phi) is 6.45. The van der Waals surface area contributed by atoms with E-state index in [0.29, 0.717) is 54.3 Å². The number of hydrogen-bond donors (Lipinski definition) is 0. The Labute approximate surface area is 202 Å². The van der Waals surface area contributed by atoms with Gasteiger partial charge in [-0.25, -0.2) is 12.8 Å². The first kappa shape index (κ1) is 23.0. The van der Waals surface area contributed by atoms with Crippen molar-refractivity contribution >= 4 is 26.6 Å². The van der Waals surface area contributed by atoms with E-state index in [1.807, 2.05) is 23.1 Å². The molecule has 1 saturated heterocycles. The molecule has 35 heavy (non-hydrogen) atoms. The van der Waals surface area contributed by atoms with Gasteiger partial charge in [-0.15, -0.1) is 0 Å². The van der Waals surface area contributed by atoms with Gasteiger partial charge in [-0.3, -0.25) is 4.98 Å². The first-order valence-corrected chi connectivity index (χ1v) is 13.0. The minimum Gasteiger partial charge on any atom is -0.463 e. The summed E-state index contributed by atoms with van der Waals surface area (Å²) in [5.41, 5.74) is 1.52. The fraction of sp³-hybridized carbons (Fsp3) is 0.240. The van der Waals surface area contributed by atoms with E-state index in [4.69, 9.17) is 9.47 Å². The van der Waals surface area contributed by atoms with E-state index in [1.54, 1.807) is 36.5 Å². The maximum Gasteiger partial charge on any atom is 0.318 e. The molecular formula is C25H23FN4O4S. The molecule has 0 radical (unpaired) electrons. The van der Waals surface area contributed by atoms with Crippen LogP contribution >= 0.6 is 0 Å². The topological polar surface area (TPSA) is 94.5 Å². The summed E-state index contributed by atoms with van der Waals surface area (Å²) in [7, 11) is -3.07. The summed E-state index contributed by atoms with van der Waals surface area (Å²) in [4.78, 5) is 15.4. The van der Waals surface area contributed by atoms with Crippen LogP contribution in [0.4, 0.5) is 10.2 Å². The summed E-state index contributed by atoms with van der Waals surface area (Å²) in [5.74, 6) is 1.13. The second-order valence-electron chi connectivity index (χ2n) is 8.13. The molecule has 180 valence electrons. The number of anilines is 1. The van der Waals surface area contributed by atoms with Gasteiger partial charge in [0.1, 0.15) is 23.1 Å². The van der Waals surface area contributed by atoms with Crippen LogP contribution in [0.15, 0.2) is 66.9 Å². The number of hydrogen-bond acceptors (Lipinski definition) is 8. The minimum absolute atomic E-state index is 0.0495.